The summed E-state index contributed by atoms with van der Waals surface area (Å²) in [7, 11) is -3.82. The molecule has 0 rings (SSSR count). The standard InChI is InChI=1S/C21H43NO3S.Na/c1-2-3-4-5-6-7-8-9-10-11-12-13-14-15-16-17-18-19-22-20-21-26(23,24)25;/h9-10,22H,2-8,11-21H2,1H3,(H,23,24,25);/b10-9-;. The zero-order valence-corrected chi connectivity index (χ0v) is 20.9. The van der Waals surface area contributed by atoms with E-state index in [9.17, 15) is 8.42 Å². The third-order valence-corrected chi connectivity index (χ3v) is 5.37. The zero-order chi connectivity index (χ0) is 19.3. The summed E-state index contributed by atoms with van der Waals surface area (Å²) >= 11 is 0. The molecule has 4 nitrogen and oxygen atoms in total. The molecular formula is C21H43NNaO3S. The Morgan fingerprint density at radius 1 is 0.704 bits per heavy atom. The largest absolute Gasteiger partial charge is 0.316 e. The predicted molar refractivity (Wildman–Crippen MR) is 119 cm³/mol. The summed E-state index contributed by atoms with van der Waals surface area (Å²) in [6.07, 6.45) is 24.3. The van der Waals surface area contributed by atoms with Crippen molar-refractivity contribution >= 4 is 39.7 Å². The third-order valence-electron chi connectivity index (χ3n) is 4.65. The van der Waals surface area contributed by atoms with E-state index in [4.69, 9.17) is 4.55 Å². The van der Waals surface area contributed by atoms with Crippen LogP contribution in [0.5, 0.6) is 0 Å². The van der Waals surface area contributed by atoms with Gasteiger partial charge in [-0.3, -0.25) is 4.55 Å². The molecule has 0 unspecified atom stereocenters. The van der Waals surface area contributed by atoms with Crippen molar-refractivity contribution < 1.29 is 13.0 Å². The van der Waals surface area contributed by atoms with Crippen LogP contribution in [0.25, 0.3) is 0 Å². The van der Waals surface area contributed by atoms with Crippen molar-refractivity contribution in [3.63, 3.8) is 0 Å². The molecule has 0 fully saturated rings. The molecule has 6 heteroatoms. The second-order valence-corrected chi connectivity index (χ2v) is 8.90. The second-order valence-electron chi connectivity index (χ2n) is 7.33. The Kier molecular flexibility index (Phi) is 25.3. The molecular weight excluding hydrogens is 369 g/mol. The van der Waals surface area contributed by atoms with Crippen molar-refractivity contribution in [2.24, 2.45) is 0 Å². The molecule has 0 heterocycles. The van der Waals surface area contributed by atoms with Gasteiger partial charge in [0.1, 0.15) is 0 Å². The second kappa shape index (κ2) is 22.9. The van der Waals surface area contributed by atoms with Crippen molar-refractivity contribution in [2.75, 3.05) is 18.8 Å². The Hall–Kier alpha value is 0.610. The molecule has 0 bridgehead atoms. The van der Waals surface area contributed by atoms with Gasteiger partial charge in [0.25, 0.3) is 10.1 Å². The van der Waals surface area contributed by atoms with Crippen LogP contribution in [0, 0.1) is 0 Å². The minimum absolute atomic E-state index is 0. The quantitative estimate of drug-likeness (QED) is 0.120. The van der Waals surface area contributed by atoms with Crippen LogP contribution in [0.4, 0.5) is 0 Å². The first-order chi connectivity index (χ1) is 12.6. The van der Waals surface area contributed by atoms with Gasteiger partial charge in [0, 0.05) is 36.1 Å². The van der Waals surface area contributed by atoms with Gasteiger partial charge in [-0.05, 0) is 38.6 Å². The van der Waals surface area contributed by atoms with Crippen molar-refractivity contribution in [2.45, 2.75) is 103 Å². The Bertz CT molecular complexity index is 414. The smallest absolute Gasteiger partial charge is 0.266 e. The van der Waals surface area contributed by atoms with E-state index in [1.807, 2.05) is 0 Å². The van der Waals surface area contributed by atoms with Crippen LogP contribution in [0.2, 0.25) is 0 Å². The SMILES string of the molecule is CCCCCCCC/C=C\CCCCCCCCCNCCS(=O)(=O)O.[Na]. The molecule has 2 N–H and O–H groups in total. The van der Waals surface area contributed by atoms with Crippen LogP contribution in [-0.4, -0.2) is 61.4 Å². The van der Waals surface area contributed by atoms with Gasteiger partial charge >= 0.3 is 0 Å². The normalized spacial score (nSPS) is 11.8. The maximum Gasteiger partial charge on any atom is 0.266 e. The van der Waals surface area contributed by atoms with Crippen molar-refractivity contribution in [3.05, 3.63) is 12.2 Å². The van der Waals surface area contributed by atoms with Crippen molar-refractivity contribution in [3.8, 4) is 0 Å². The van der Waals surface area contributed by atoms with Gasteiger partial charge in [-0.1, -0.05) is 83.3 Å². The molecule has 157 valence electrons. The third kappa shape index (κ3) is 28.9. The zero-order valence-electron chi connectivity index (χ0n) is 18.1. The molecule has 27 heavy (non-hydrogen) atoms. The van der Waals surface area contributed by atoms with Crippen LogP contribution >= 0.6 is 0 Å². The van der Waals surface area contributed by atoms with Gasteiger partial charge in [0.15, 0.2) is 0 Å². The number of allylic oxidation sites excluding steroid dienone is 2. The first kappa shape index (κ1) is 29.8. The Labute approximate surface area is 191 Å². The van der Waals surface area contributed by atoms with E-state index in [2.05, 4.69) is 24.4 Å². The maximum absolute atomic E-state index is 10.5. The first-order valence-corrected chi connectivity index (χ1v) is 12.5. The van der Waals surface area contributed by atoms with E-state index in [1.165, 1.54) is 89.9 Å². The summed E-state index contributed by atoms with van der Waals surface area (Å²) in [4.78, 5) is 0. The predicted octanol–water partition coefficient (Wildman–Crippen LogP) is 5.51. The molecule has 0 aromatic carbocycles. The molecule has 0 amide bonds. The number of nitrogens with one attached hydrogen (secondary N) is 1. The van der Waals surface area contributed by atoms with Crippen LogP contribution in [-0.2, 0) is 10.1 Å². The Balaban J connectivity index is 0. The Morgan fingerprint density at radius 3 is 1.63 bits per heavy atom. The average molecular weight is 413 g/mol. The molecule has 0 aliphatic rings. The van der Waals surface area contributed by atoms with Gasteiger partial charge in [-0.2, -0.15) is 8.42 Å². The molecule has 0 aliphatic heterocycles. The van der Waals surface area contributed by atoms with Crippen LogP contribution in [0.1, 0.15) is 103 Å². The fourth-order valence-corrected chi connectivity index (χ4v) is 3.40. The van der Waals surface area contributed by atoms with Crippen LogP contribution in [0.15, 0.2) is 12.2 Å². The summed E-state index contributed by atoms with van der Waals surface area (Å²) in [5, 5.41) is 3.05. The van der Waals surface area contributed by atoms with E-state index < -0.39 is 10.1 Å². The van der Waals surface area contributed by atoms with E-state index in [0.29, 0.717) is 6.54 Å². The maximum atomic E-state index is 10.5. The Morgan fingerprint density at radius 2 is 1.15 bits per heavy atom. The van der Waals surface area contributed by atoms with Crippen LogP contribution in [0.3, 0.4) is 0 Å². The molecule has 0 aliphatic carbocycles. The molecule has 0 saturated heterocycles. The minimum atomic E-state index is -3.82. The van der Waals surface area contributed by atoms with Gasteiger partial charge < -0.3 is 5.32 Å². The van der Waals surface area contributed by atoms with E-state index >= 15 is 0 Å². The summed E-state index contributed by atoms with van der Waals surface area (Å²) in [5.74, 6) is -0.194. The van der Waals surface area contributed by atoms with E-state index in [0.717, 1.165) is 13.0 Å². The monoisotopic (exact) mass is 412 g/mol. The molecule has 0 aromatic heterocycles. The molecule has 0 spiro atoms. The molecule has 1 radical (unpaired) electrons. The van der Waals surface area contributed by atoms with Crippen molar-refractivity contribution in [1.29, 1.82) is 0 Å². The van der Waals surface area contributed by atoms with Gasteiger partial charge in [-0.25, -0.2) is 0 Å². The fourth-order valence-electron chi connectivity index (χ4n) is 3.00. The number of rotatable bonds is 20. The molecule has 0 saturated carbocycles. The summed E-state index contributed by atoms with van der Waals surface area (Å²) in [6, 6.07) is 0. The van der Waals surface area contributed by atoms with Gasteiger partial charge in [-0.15, -0.1) is 0 Å². The average Bonchev–Trinajstić information content (AvgIpc) is 2.59. The molecule has 0 aromatic rings. The minimum Gasteiger partial charge on any atom is -0.316 e. The number of unbranched alkanes of at least 4 members (excludes halogenated alkanes) is 13. The topological polar surface area (TPSA) is 66.4 Å². The van der Waals surface area contributed by atoms with Gasteiger partial charge in [0.2, 0.25) is 0 Å². The van der Waals surface area contributed by atoms with E-state index in [1.54, 1.807) is 0 Å². The number of hydrogen-bond donors (Lipinski definition) is 2. The molecule has 0 atom stereocenters. The summed E-state index contributed by atoms with van der Waals surface area (Å²) in [5.41, 5.74) is 0. The van der Waals surface area contributed by atoms with Crippen molar-refractivity contribution in [1.82, 2.24) is 5.32 Å². The summed E-state index contributed by atoms with van der Waals surface area (Å²) in [6.45, 7) is 3.44. The van der Waals surface area contributed by atoms with Crippen LogP contribution < -0.4 is 5.32 Å². The number of hydrogen-bond acceptors (Lipinski definition) is 3. The van der Waals surface area contributed by atoms with Gasteiger partial charge in [0.05, 0.1) is 5.75 Å². The summed E-state index contributed by atoms with van der Waals surface area (Å²) < 4.78 is 29.7. The fraction of sp³-hybridized carbons (Fsp3) is 0.905. The van der Waals surface area contributed by atoms with E-state index in [-0.39, 0.29) is 35.3 Å². The first-order valence-electron chi connectivity index (χ1n) is 10.9.